The minimum atomic E-state index is -1.07. The Kier molecular flexibility index (Phi) is 5.94. The Morgan fingerprint density at radius 2 is 1.87 bits per heavy atom. The van der Waals surface area contributed by atoms with Crippen molar-refractivity contribution in [3.05, 3.63) is 76.8 Å². The van der Waals surface area contributed by atoms with Crippen LogP contribution in [0.4, 0.5) is 0 Å². The fourth-order valence-corrected chi connectivity index (χ4v) is 2.25. The molecule has 0 radical (unpaired) electrons. The lowest BCUT2D eigenvalue weighted by Gasteiger charge is -2.13. The van der Waals surface area contributed by atoms with Crippen molar-refractivity contribution in [3.63, 3.8) is 0 Å². The van der Waals surface area contributed by atoms with Gasteiger partial charge in [0.2, 0.25) is 5.91 Å². The van der Waals surface area contributed by atoms with Crippen LogP contribution >= 0.6 is 11.6 Å². The lowest BCUT2D eigenvalue weighted by molar-refractivity contribution is -0.141. The predicted molar refractivity (Wildman–Crippen MR) is 90.2 cm³/mol. The molecule has 0 saturated carbocycles. The van der Waals surface area contributed by atoms with E-state index in [1.165, 1.54) is 6.08 Å². The summed E-state index contributed by atoms with van der Waals surface area (Å²) in [7, 11) is 0. The number of carbonyl (C=O) groups excluding carboxylic acids is 1. The summed E-state index contributed by atoms with van der Waals surface area (Å²) in [6.07, 6.45) is 3.11. The molecule has 23 heavy (non-hydrogen) atoms. The Morgan fingerprint density at radius 3 is 2.52 bits per heavy atom. The van der Waals surface area contributed by atoms with Gasteiger partial charge in [0.1, 0.15) is 6.04 Å². The molecule has 0 unspecified atom stereocenters. The maximum Gasteiger partial charge on any atom is 0.326 e. The molecule has 2 N–H and O–H groups in total. The smallest absolute Gasteiger partial charge is 0.326 e. The van der Waals surface area contributed by atoms with Gasteiger partial charge in [0.25, 0.3) is 0 Å². The highest BCUT2D eigenvalue weighted by atomic mass is 35.5. The third-order valence-electron chi connectivity index (χ3n) is 3.17. The van der Waals surface area contributed by atoms with E-state index in [4.69, 9.17) is 11.6 Å². The van der Waals surface area contributed by atoms with Crippen LogP contribution in [0.1, 0.15) is 11.1 Å². The molecule has 2 rings (SSSR count). The Bertz CT molecular complexity index is 713. The molecule has 1 atom stereocenters. The van der Waals surface area contributed by atoms with Crippen molar-refractivity contribution in [1.29, 1.82) is 0 Å². The largest absolute Gasteiger partial charge is 0.480 e. The average molecular weight is 330 g/mol. The third-order valence-corrected chi connectivity index (χ3v) is 3.41. The van der Waals surface area contributed by atoms with E-state index in [1.54, 1.807) is 30.3 Å². The van der Waals surface area contributed by atoms with Crippen LogP contribution in [0.3, 0.4) is 0 Å². The highest BCUT2D eigenvalue weighted by Gasteiger charge is 2.19. The molecular formula is C18H16ClNO3. The second-order valence-electron chi connectivity index (χ2n) is 4.98. The third kappa shape index (κ3) is 5.60. The first kappa shape index (κ1) is 16.8. The zero-order valence-electron chi connectivity index (χ0n) is 12.3. The van der Waals surface area contributed by atoms with Crippen LogP contribution in [-0.2, 0) is 16.0 Å². The number of carboxylic acid groups (broad SMARTS) is 1. The highest BCUT2D eigenvalue weighted by Crippen LogP contribution is 2.11. The number of halogens is 1. The molecule has 0 aromatic heterocycles. The molecule has 0 saturated heterocycles. The SMILES string of the molecule is O=C(C=Cc1cccc(Cl)c1)N[C@@H](Cc1ccccc1)C(=O)O. The van der Waals surface area contributed by atoms with Gasteiger partial charge >= 0.3 is 5.97 Å². The number of nitrogens with one attached hydrogen (secondary N) is 1. The lowest BCUT2D eigenvalue weighted by Crippen LogP contribution is -2.41. The van der Waals surface area contributed by atoms with Crippen LogP contribution in [0.15, 0.2) is 60.7 Å². The molecule has 0 heterocycles. The van der Waals surface area contributed by atoms with E-state index < -0.39 is 17.9 Å². The van der Waals surface area contributed by atoms with Crippen molar-refractivity contribution >= 4 is 29.6 Å². The first-order valence-corrected chi connectivity index (χ1v) is 7.43. The van der Waals surface area contributed by atoms with Gasteiger partial charge in [0, 0.05) is 17.5 Å². The van der Waals surface area contributed by atoms with E-state index >= 15 is 0 Å². The summed E-state index contributed by atoms with van der Waals surface area (Å²) >= 11 is 5.86. The Balaban J connectivity index is 1.99. The van der Waals surface area contributed by atoms with Crippen molar-refractivity contribution in [2.45, 2.75) is 12.5 Å². The van der Waals surface area contributed by atoms with Crippen LogP contribution in [0, 0.1) is 0 Å². The van der Waals surface area contributed by atoms with Gasteiger partial charge in [-0.3, -0.25) is 4.79 Å². The minimum absolute atomic E-state index is 0.229. The van der Waals surface area contributed by atoms with E-state index in [1.807, 2.05) is 30.3 Å². The maximum absolute atomic E-state index is 11.9. The first-order chi connectivity index (χ1) is 11.0. The van der Waals surface area contributed by atoms with Crippen LogP contribution < -0.4 is 5.32 Å². The monoisotopic (exact) mass is 329 g/mol. The molecule has 4 nitrogen and oxygen atoms in total. The zero-order valence-corrected chi connectivity index (χ0v) is 13.0. The van der Waals surface area contributed by atoms with Gasteiger partial charge in [-0.15, -0.1) is 0 Å². The second-order valence-corrected chi connectivity index (χ2v) is 5.41. The molecule has 5 heteroatoms. The molecule has 0 spiro atoms. The molecule has 0 aliphatic carbocycles. The van der Waals surface area contributed by atoms with E-state index in [0.29, 0.717) is 5.02 Å². The van der Waals surface area contributed by atoms with Crippen LogP contribution in [0.2, 0.25) is 5.02 Å². The number of hydrogen-bond donors (Lipinski definition) is 2. The number of carbonyl (C=O) groups is 2. The highest BCUT2D eigenvalue weighted by molar-refractivity contribution is 6.30. The Labute approximate surface area is 139 Å². The standard InChI is InChI=1S/C18H16ClNO3/c19-15-8-4-7-14(11-15)9-10-17(21)20-16(18(22)23)12-13-5-2-1-3-6-13/h1-11,16H,12H2,(H,20,21)(H,22,23)/t16-/m0/s1. The van der Waals surface area contributed by atoms with Crippen molar-refractivity contribution < 1.29 is 14.7 Å². The number of hydrogen-bond acceptors (Lipinski definition) is 2. The molecule has 0 bridgehead atoms. The fraction of sp³-hybridized carbons (Fsp3) is 0.111. The van der Waals surface area contributed by atoms with Gasteiger partial charge in [-0.1, -0.05) is 54.1 Å². The number of carboxylic acids is 1. The van der Waals surface area contributed by atoms with Crippen molar-refractivity contribution in [2.75, 3.05) is 0 Å². The van der Waals surface area contributed by atoms with Crippen molar-refractivity contribution in [1.82, 2.24) is 5.32 Å². The summed E-state index contributed by atoms with van der Waals surface area (Å²) in [6.45, 7) is 0. The molecule has 0 fully saturated rings. The van der Waals surface area contributed by atoms with Crippen LogP contribution in [0.25, 0.3) is 6.08 Å². The van der Waals surface area contributed by atoms with E-state index in [2.05, 4.69) is 5.32 Å². The van der Waals surface area contributed by atoms with Crippen molar-refractivity contribution in [2.24, 2.45) is 0 Å². The number of rotatable bonds is 6. The molecule has 2 aromatic carbocycles. The second kappa shape index (κ2) is 8.15. The first-order valence-electron chi connectivity index (χ1n) is 7.05. The van der Waals surface area contributed by atoms with Gasteiger partial charge in [0.15, 0.2) is 0 Å². The average Bonchev–Trinajstić information content (AvgIpc) is 2.53. The summed E-state index contributed by atoms with van der Waals surface area (Å²) in [5, 5.41) is 12.3. The molecule has 0 aliphatic rings. The summed E-state index contributed by atoms with van der Waals surface area (Å²) in [4.78, 5) is 23.2. The quantitative estimate of drug-likeness (QED) is 0.800. The summed E-state index contributed by atoms with van der Waals surface area (Å²) < 4.78 is 0. The number of benzene rings is 2. The molecular weight excluding hydrogens is 314 g/mol. The minimum Gasteiger partial charge on any atom is -0.480 e. The summed E-state index contributed by atoms with van der Waals surface area (Å²) in [5.74, 6) is -1.54. The Hall–Kier alpha value is -2.59. The van der Waals surface area contributed by atoms with Crippen molar-refractivity contribution in [3.8, 4) is 0 Å². The van der Waals surface area contributed by atoms with E-state index in [0.717, 1.165) is 11.1 Å². The normalized spacial score (nSPS) is 12.0. The van der Waals surface area contributed by atoms with Gasteiger partial charge in [-0.25, -0.2) is 4.79 Å². The van der Waals surface area contributed by atoms with Gasteiger partial charge in [0.05, 0.1) is 0 Å². The Morgan fingerprint density at radius 1 is 1.13 bits per heavy atom. The van der Waals surface area contributed by atoms with E-state index in [-0.39, 0.29) is 6.42 Å². The number of amides is 1. The fourth-order valence-electron chi connectivity index (χ4n) is 2.05. The van der Waals surface area contributed by atoms with Gasteiger partial charge in [-0.05, 0) is 29.3 Å². The summed E-state index contributed by atoms with van der Waals surface area (Å²) in [6, 6.07) is 15.2. The molecule has 1 amide bonds. The lowest BCUT2D eigenvalue weighted by atomic mass is 10.1. The van der Waals surface area contributed by atoms with Gasteiger partial charge in [-0.2, -0.15) is 0 Å². The zero-order chi connectivity index (χ0) is 16.7. The topological polar surface area (TPSA) is 66.4 Å². The van der Waals surface area contributed by atoms with E-state index in [9.17, 15) is 14.7 Å². The molecule has 118 valence electrons. The number of aliphatic carboxylic acids is 1. The molecule has 0 aliphatic heterocycles. The maximum atomic E-state index is 11.9. The summed E-state index contributed by atoms with van der Waals surface area (Å²) in [5.41, 5.74) is 1.61. The van der Waals surface area contributed by atoms with Crippen LogP contribution in [0.5, 0.6) is 0 Å². The molecule has 2 aromatic rings. The predicted octanol–water partition coefficient (Wildman–Crippen LogP) is 3.17. The van der Waals surface area contributed by atoms with Gasteiger partial charge < -0.3 is 10.4 Å². The van der Waals surface area contributed by atoms with Crippen LogP contribution in [-0.4, -0.2) is 23.0 Å².